The first kappa shape index (κ1) is 41.6. The Morgan fingerprint density at radius 1 is 0.754 bits per heavy atom. The predicted octanol–water partition coefficient (Wildman–Crippen LogP) is 6.92. The molecule has 5 aromatic rings. The van der Waals surface area contributed by atoms with Gasteiger partial charge in [-0.3, -0.25) is 20.2 Å². The van der Waals surface area contributed by atoms with E-state index >= 15 is 0 Å². The molecule has 57 heavy (non-hydrogen) atoms. The molecule has 0 radical (unpaired) electrons. The molecule has 0 unspecified atom stereocenters. The van der Waals surface area contributed by atoms with E-state index in [9.17, 15) is 61.6 Å². The van der Waals surface area contributed by atoms with Crippen molar-refractivity contribution in [3.05, 3.63) is 98.6 Å². The van der Waals surface area contributed by atoms with E-state index in [-0.39, 0.29) is 23.9 Å². The standard InChI is InChI=1S/C36H33F3N4O13S/c37-36(38,39)57(52,53)56-28-18-12-15-25-33(28)32(35(47)54-34-26(42(48)49)16-11-17-27(34)43(50)51)23-13-8-9-14-24(23)40(25)22-10-6-4-2-1-3-5-7-19-31(46)55-41-29(44)20-21-30(41)45/h8-9,11-18,20-21,47H,1-7,10,19,22H2/p+1. The Bertz CT molecular complexity index is 2400. The molecule has 21 heteroatoms. The highest BCUT2D eigenvalue weighted by Gasteiger charge is 2.49. The summed E-state index contributed by atoms with van der Waals surface area (Å²) in [5.74, 6) is -4.89. The van der Waals surface area contributed by atoms with Crippen molar-refractivity contribution < 1.29 is 69.6 Å². The van der Waals surface area contributed by atoms with Crippen molar-refractivity contribution in [3.63, 3.8) is 0 Å². The lowest BCUT2D eigenvalue weighted by Gasteiger charge is -2.15. The molecular weight excluding hydrogens is 785 g/mol. The lowest BCUT2D eigenvalue weighted by Crippen LogP contribution is -2.37. The van der Waals surface area contributed by atoms with Crippen molar-refractivity contribution in [2.24, 2.45) is 0 Å². The quantitative estimate of drug-likeness (QED) is 0.0105. The molecule has 17 nitrogen and oxygen atoms in total. The smallest absolute Gasteiger partial charge is 0.492 e. The van der Waals surface area contributed by atoms with E-state index in [1.807, 2.05) is 0 Å². The minimum atomic E-state index is -6.28. The Kier molecular flexibility index (Phi) is 12.8. The van der Waals surface area contributed by atoms with E-state index in [0.717, 1.165) is 56.4 Å². The van der Waals surface area contributed by atoms with Crippen LogP contribution < -0.4 is 18.3 Å². The second-order valence-corrected chi connectivity index (χ2v) is 14.1. The molecule has 0 bridgehead atoms. The number of fused-ring (bicyclic) bond motifs is 2. The van der Waals surface area contributed by atoms with Crippen molar-refractivity contribution in [2.75, 3.05) is 0 Å². The van der Waals surface area contributed by atoms with Crippen molar-refractivity contribution >= 4 is 55.2 Å². The monoisotopic (exact) mass is 819 g/mol. The first-order valence-corrected chi connectivity index (χ1v) is 18.8. The van der Waals surface area contributed by atoms with Gasteiger partial charge in [-0.1, -0.05) is 50.3 Å². The topological polar surface area (TPSA) is 232 Å². The van der Waals surface area contributed by atoms with Gasteiger partial charge in [-0.2, -0.15) is 26.2 Å². The van der Waals surface area contributed by atoms with Crippen LogP contribution in [0.25, 0.3) is 21.8 Å². The van der Waals surface area contributed by atoms with Crippen molar-refractivity contribution in [1.82, 2.24) is 4.73 Å². The number of esters is 1. The predicted molar refractivity (Wildman–Crippen MR) is 193 cm³/mol. The number of carbonyl (C=O) groups excluding carboxylic acids is 2. The number of pyridine rings is 1. The number of aryl methyl sites for hydroxylation is 1. The summed E-state index contributed by atoms with van der Waals surface area (Å²) < 4.78 is 77.2. The van der Waals surface area contributed by atoms with Gasteiger partial charge in [0.05, 0.1) is 20.8 Å². The van der Waals surface area contributed by atoms with Gasteiger partial charge < -0.3 is 24.0 Å². The molecule has 5 rings (SSSR count). The number of benzene rings is 3. The lowest BCUT2D eigenvalue weighted by atomic mass is 10.0. The van der Waals surface area contributed by atoms with Crippen LogP contribution in [0.2, 0.25) is 0 Å². The number of nitro benzene ring substituents is 2. The van der Waals surface area contributed by atoms with Crippen LogP contribution in [0.1, 0.15) is 68.1 Å². The van der Waals surface area contributed by atoms with E-state index in [0.29, 0.717) is 29.5 Å². The Morgan fingerprint density at radius 2 is 1.30 bits per heavy atom. The molecule has 302 valence electrons. The lowest BCUT2D eigenvalue weighted by molar-refractivity contribution is -0.645. The number of carbonyl (C=O) groups is 2. The van der Waals surface area contributed by atoms with Crippen molar-refractivity contribution in [1.29, 1.82) is 0 Å². The summed E-state index contributed by atoms with van der Waals surface area (Å²) in [5, 5.41) is 42.2. The molecule has 0 spiro atoms. The summed E-state index contributed by atoms with van der Waals surface area (Å²) in [6.07, 6.45) is 5.80. The summed E-state index contributed by atoms with van der Waals surface area (Å²) in [4.78, 5) is 52.4. The van der Waals surface area contributed by atoms with Crippen LogP contribution >= 0.6 is 0 Å². The summed E-state index contributed by atoms with van der Waals surface area (Å²) in [5.41, 5.74) is -7.96. The maximum Gasteiger partial charge on any atom is 0.534 e. The second-order valence-electron chi connectivity index (χ2n) is 12.6. The van der Waals surface area contributed by atoms with E-state index in [1.165, 1.54) is 36.4 Å². The van der Waals surface area contributed by atoms with Crippen LogP contribution in [-0.2, 0) is 21.5 Å². The molecule has 2 heterocycles. The Hall–Kier alpha value is -6.51. The minimum Gasteiger partial charge on any atom is -0.492 e. The molecule has 0 atom stereocenters. The van der Waals surface area contributed by atoms with Crippen LogP contribution in [0.15, 0.2) is 72.8 Å². The van der Waals surface area contributed by atoms with Gasteiger partial charge in [0, 0.05) is 49.2 Å². The number of aromatic nitrogens is 2. The molecule has 0 saturated carbocycles. The fraction of sp³-hybridized carbons (Fsp3) is 0.306. The third kappa shape index (κ3) is 9.48. The highest BCUT2D eigenvalue weighted by atomic mass is 32.2. The highest BCUT2D eigenvalue weighted by Crippen LogP contribution is 2.40. The van der Waals surface area contributed by atoms with Crippen LogP contribution in [0.4, 0.5) is 24.5 Å². The number of rotatable bonds is 18. The van der Waals surface area contributed by atoms with Gasteiger partial charge >= 0.3 is 38.9 Å². The number of nitro groups is 2. The molecule has 2 aromatic heterocycles. The molecule has 3 aromatic carbocycles. The van der Waals surface area contributed by atoms with Crippen LogP contribution in [-0.4, -0.2) is 50.7 Å². The third-order valence-corrected chi connectivity index (χ3v) is 9.73. The SMILES string of the molecule is O=C(CCCCCCCCCC[n+]1c2ccccc2c(C(=O)Oc2c([N+](=O)[O-])cccc2[N+](=O)[O-])c2c(OS(=O)(=O)C(F)(F)F)cccc21)On1c(O)ccc1O. The Labute approximate surface area is 320 Å². The van der Waals surface area contributed by atoms with E-state index in [2.05, 4.69) is 4.18 Å². The van der Waals surface area contributed by atoms with Crippen LogP contribution in [0, 0.1) is 20.2 Å². The number of ether oxygens (including phenoxy) is 1. The third-order valence-electron chi connectivity index (χ3n) is 8.76. The average Bonchev–Trinajstić information content (AvgIpc) is 3.46. The van der Waals surface area contributed by atoms with Crippen molar-refractivity contribution in [3.8, 4) is 23.3 Å². The number of para-hydroxylation sites is 2. The zero-order chi connectivity index (χ0) is 41.5. The van der Waals surface area contributed by atoms with Crippen LogP contribution in [0.5, 0.6) is 23.3 Å². The molecular formula is C36H34F3N4O13S+. The van der Waals surface area contributed by atoms with E-state index in [1.54, 1.807) is 16.7 Å². The molecule has 0 aliphatic heterocycles. The van der Waals surface area contributed by atoms with Gasteiger partial charge in [-0.05, 0) is 31.0 Å². The van der Waals surface area contributed by atoms with Crippen molar-refractivity contribution in [2.45, 2.75) is 69.8 Å². The highest BCUT2D eigenvalue weighted by molar-refractivity contribution is 7.88. The molecule has 0 aliphatic carbocycles. The maximum absolute atomic E-state index is 14.0. The number of unbranched alkanes of at least 4 members (excludes halogenated alkanes) is 7. The van der Waals surface area contributed by atoms with Gasteiger partial charge in [0.15, 0.2) is 5.75 Å². The van der Waals surface area contributed by atoms with Crippen LogP contribution in [0.3, 0.4) is 0 Å². The first-order valence-electron chi connectivity index (χ1n) is 17.3. The Morgan fingerprint density at radius 3 is 1.89 bits per heavy atom. The number of hydrogen-bond acceptors (Lipinski definition) is 13. The molecule has 0 amide bonds. The fourth-order valence-electron chi connectivity index (χ4n) is 6.16. The Balaban J connectivity index is 1.36. The molecule has 0 aliphatic rings. The summed E-state index contributed by atoms with van der Waals surface area (Å²) in [6.45, 7) is 0.228. The number of aromatic hydroxyl groups is 2. The summed E-state index contributed by atoms with van der Waals surface area (Å²) in [6, 6.07) is 14.6. The average molecular weight is 820 g/mol. The zero-order valence-electron chi connectivity index (χ0n) is 29.7. The van der Waals surface area contributed by atoms with Gasteiger partial charge in [0.2, 0.25) is 22.8 Å². The number of nitrogens with zero attached hydrogens (tertiary/aromatic N) is 4. The van der Waals surface area contributed by atoms with E-state index in [4.69, 9.17) is 9.57 Å². The second kappa shape index (κ2) is 17.5. The molecule has 0 fully saturated rings. The summed E-state index contributed by atoms with van der Waals surface area (Å²) in [7, 11) is -6.28. The minimum absolute atomic E-state index is 0.0162. The fourth-order valence-corrected chi connectivity index (χ4v) is 6.63. The van der Waals surface area contributed by atoms with Gasteiger partial charge in [0.1, 0.15) is 11.9 Å². The maximum atomic E-state index is 14.0. The van der Waals surface area contributed by atoms with E-state index < -0.39 is 83.0 Å². The molecule has 0 saturated heterocycles. The summed E-state index contributed by atoms with van der Waals surface area (Å²) >= 11 is 0. The zero-order valence-corrected chi connectivity index (χ0v) is 30.5. The van der Waals surface area contributed by atoms with Gasteiger partial charge in [-0.15, -0.1) is 4.73 Å². The first-order chi connectivity index (χ1) is 27.0. The number of hydrogen-bond donors (Lipinski definition) is 2. The van der Waals surface area contributed by atoms with Gasteiger partial charge in [-0.25, -0.2) is 9.59 Å². The normalized spacial score (nSPS) is 11.8. The largest absolute Gasteiger partial charge is 0.534 e. The number of halogens is 3. The molecule has 2 N–H and O–H groups in total. The van der Waals surface area contributed by atoms with Gasteiger partial charge in [0.25, 0.3) is 5.75 Å². The number of alkyl halides is 3.